The summed E-state index contributed by atoms with van der Waals surface area (Å²) in [6, 6.07) is 10.7. The van der Waals surface area contributed by atoms with Gasteiger partial charge in [-0.1, -0.05) is 6.07 Å². The van der Waals surface area contributed by atoms with E-state index in [1.165, 1.54) is 23.5 Å². The third kappa shape index (κ3) is 5.39. The average Bonchev–Trinajstić information content (AvgIpc) is 3.12. The van der Waals surface area contributed by atoms with Crippen molar-refractivity contribution in [3.8, 4) is 0 Å². The first-order chi connectivity index (χ1) is 14.3. The number of aryl methyl sites for hydroxylation is 3. The number of carbonyl (C=O) groups is 1. The van der Waals surface area contributed by atoms with E-state index in [4.69, 9.17) is 0 Å². The smallest absolute Gasteiger partial charge is 0.284 e. The number of hydrogen-bond donors (Lipinski definition) is 1. The Morgan fingerprint density at radius 3 is 2.67 bits per heavy atom. The molecule has 1 N–H and O–H groups in total. The third-order valence-electron chi connectivity index (χ3n) is 4.42. The standard InChI is InChI=1S/C20H21N5O3S2/c1-13-4-6-16(10-14(13)2)29-9-8-21-19(26)15-5-7-18(17(11-15)25(27)28)30-20-23-22-12-24(20)3/h4-7,10-12H,8-9H2,1-3H3,(H,21,26). The highest BCUT2D eigenvalue weighted by molar-refractivity contribution is 7.99. The fraction of sp³-hybridized carbons (Fsp3) is 0.250. The Hall–Kier alpha value is -2.85. The molecule has 3 rings (SSSR count). The molecule has 8 nitrogen and oxygen atoms in total. The number of rotatable bonds is 8. The molecule has 0 aliphatic carbocycles. The number of thioether (sulfide) groups is 1. The minimum Gasteiger partial charge on any atom is -0.351 e. The molecule has 1 heterocycles. The maximum absolute atomic E-state index is 12.4. The van der Waals surface area contributed by atoms with E-state index in [-0.39, 0.29) is 17.2 Å². The Morgan fingerprint density at radius 1 is 1.20 bits per heavy atom. The van der Waals surface area contributed by atoms with Gasteiger partial charge in [-0.15, -0.1) is 22.0 Å². The number of nitrogens with zero attached hydrogens (tertiary/aromatic N) is 4. The van der Waals surface area contributed by atoms with Crippen molar-refractivity contribution in [3.63, 3.8) is 0 Å². The summed E-state index contributed by atoms with van der Waals surface area (Å²) < 4.78 is 1.67. The van der Waals surface area contributed by atoms with Gasteiger partial charge in [0.1, 0.15) is 6.33 Å². The molecule has 10 heteroatoms. The third-order valence-corrected chi connectivity index (χ3v) is 6.54. The fourth-order valence-electron chi connectivity index (χ4n) is 2.59. The topological polar surface area (TPSA) is 103 Å². The Bertz CT molecular complexity index is 1080. The zero-order valence-electron chi connectivity index (χ0n) is 16.8. The first kappa shape index (κ1) is 21.8. The summed E-state index contributed by atoms with van der Waals surface area (Å²) in [6.45, 7) is 4.60. The number of nitro groups is 1. The van der Waals surface area contributed by atoms with Gasteiger partial charge in [0.2, 0.25) is 0 Å². The van der Waals surface area contributed by atoms with Gasteiger partial charge in [-0.05, 0) is 61.0 Å². The van der Waals surface area contributed by atoms with Gasteiger partial charge in [0.15, 0.2) is 5.16 Å². The van der Waals surface area contributed by atoms with Crippen molar-refractivity contribution in [1.29, 1.82) is 0 Å². The summed E-state index contributed by atoms with van der Waals surface area (Å²) >= 11 is 2.78. The maximum atomic E-state index is 12.4. The lowest BCUT2D eigenvalue weighted by atomic mass is 10.1. The van der Waals surface area contributed by atoms with Crippen LogP contribution in [-0.2, 0) is 7.05 Å². The van der Waals surface area contributed by atoms with Crippen molar-refractivity contribution >= 4 is 35.1 Å². The van der Waals surface area contributed by atoms with Crippen molar-refractivity contribution in [2.45, 2.75) is 28.8 Å². The van der Waals surface area contributed by atoms with Crippen LogP contribution in [-0.4, -0.2) is 37.9 Å². The molecule has 2 aromatic carbocycles. The molecule has 156 valence electrons. The van der Waals surface area contributed by atoms with E-state index in [0.717, 1.165) is 16.7 Å². The molecule has 0 fully saturated rings. The minimum absolute atomic E-state index is 0.139. The second-order valence-corrected chi connectivity index (χ2v) is 8.79. The number of nitro benzene ring substituents is 1. The van der Waals surface area contributed by atoms with Crippen LogP contribution in [0.3, 0.4) is 0 Å². The molecular formula is C20H21N5O3S2. The first-order valence-corrected chi connectivity index (χ1v) is 10.9. The van der Waals surface area contributed by atoms with Crippen molar-refractivity contribution in [2.24, 2.45) is 7.05 Å². The quantitative estimate of drug-likeness (QED) is 0.243. The number of hydrogen-bond acceptors (Lipinski definition) is 7. The van der Waals surface area contributed by atoms with Crippen LogP contribution in [0.1, 0.15) is 21.5 Å². The van der Waals surface area contributed by atoms with Crippen molar-refractivity contribution in [3.05, 3.63) is 69.5 Å². The lowest BCUT2D eigenvalue weighted by Crippen LogP contribution is -2.25. The lowest BCUT2D eigenvalue weighted by molar-refractivity contribution is -0.387. The van der Waals surface area contributed by atoms with Crippen LogP contribution in [0.5, 0.6) is 0 Å². The van der Waals surface area contributed by atoms with Crippen LogP contribution < -0.4 is 5.32 Å². The maximum Gasteiger partial charge on any atom is 0.284 e. The van der Waals surface area contributed by atoms with Crippen molar-refractivity contribution in [2.75, 3.05) is 12.3 Å². The zero-order chi connectivity index (χ0) is 21.7. The number of benzene rings is 2. The van der Waals surface area contributed by atoms with E-state index >= 15 is 0 Å². The van der Waals surface area contributed by atoms with E-state index in [2.05, 4.69) is 47.6 Å². The van der Waals surface area contributed by atoms with Crippen LogP contribution in [0, 0.1) is 24.0 Å². The molecule has 0 unspecified atom stereocenters. The number of nitrogens with one attached hydrogen (secondary N) is 1. The number of amides is 1. The highest BCUT2D eigenvalue weighted by Crippen LogP contribution is 2.34. The first-order valence-electron chi connectivity index (χ1n) is 9.13. The highest BCUT2D eigenvalue weighted by Gasteiger charge is 2.20. The molecule has 0 bridgehead atoms. The van der Waals surface area contributed by atoms with E-state index in [1.54, 1.807) is 35.5 Å². The molecular weight excluding hydrogens is 422 g/mol. The zero-order valence-corrected chi connectivity index (χ0v) is 18.4. The fourth-order valence-corrected chi connectivity index (χ4v) is 4.30. The van der Waals surface area contributed by atoms with Gasteiger partial charge in [0, 0.05) is 35.9 Å². The van der Waals surface area contributed by atoms with Gasteiger partial charge >= 0.3 is 0 Å². The van der Waals surface area contributed by atoms with E-state index in [9.17, 15) is 14.9 Å². The van der Waals surface area contributed by atoms with E-state index in [0.29, 0.717) is 22.3 Å². The molecule has 1 amide bonds. The summed E-state index contributed by atoms with van der Waals surface area (Å²) in [5, 5.41) is 22.5. The second kappa shape index (κ2) is 9.77. The van der Waals surface area contributed by atoms with Crippen molar-refractivity contribution in [1.82, 2.24) is 20.1 Å². The Kier molecular flexibility index (Phi) is 7.11. The molecule has 3 aromatic rings. The molecule has 1 aromatic heterocycles. The monoisotopic (exact) mass is 443 g/mol. The molecule has 0 saturated carbocycles. The Morgan fingerprint density at radius 2 is 2.00 bits per heavy atom. The van der Waals surface area contributed by atoms with Gasteiger partial charge in [0.05, 0.1) is 9.82 Å². The molecule has 0 aliphatic heterocycles. The van der Waals surface area contributed by atoms with Gasteiger partial charge < -0.3 is 9.88 Å². The van der Waals surface area contributed by atoms with Crippen LogP contribution in [0.4, 0.5) is 5.69 Å². The second-order valence-electron chi connectivity index (χ2n) is 6.62. The normalized spacial score (nSPS) is 10.8. The Balaban J connectivity index is 1.61. The number of carbonyl (C=O) groups excluding carboxylic acids is 1. The summed E-state index contributed by atoms with van der Waals surface area (Å²) in [5.74, 6) is 0.366. The lowest BCUT2D eigenvalue weighted by Gasteiger charge is -2.08. The van der Waals surface area contributed by atoms with Gasteiger partial charge in [-0.3, -0.25) is 14.9 Å². The molecule has 0 saturated heterocycles. The largest absolute Gasteiger partial charge is 0.351 e. The Labute approximate surface area is 182 Å². The summed E-state index contributed by atoms with van der Waals surface area (Å²) in [4.78, 5) is 25.0. The van der Waals surface area contributed by atoms with Crippen LogP contribution in [0.25, 0.3) is 0 Å². The predicted octanol–water partition coefficient (Wildman–Crippen LogP) is 4.01. The molecule has 0 spiro atoms. The van der Waals surface area contributed by atoms with E-state index in [1.807, 2.05) is 0 Å². The minimum atomic E-state index is -0.495. The molecule has 0 atom stereocenters. The molecule has 0 aliphatic rings. The van der Waals surface area contributed by atoms with Crippen LogP contribution in [0.15, 0.2) is 57.7 Å². The summed E-state index contributed by atoms with van der Waals surface area (Å²) in [6.07, 6.45) is 1.52. The summed E-state index contributed by atoms with van der Waals surface area (Å²) in [5.41, 5.74) is 2.59. The SMILES string of the molecule is Cc1ccc(SCCNC(=O)c2ccc(Sc3nncn3C)c([N+](=O)[O-])c2)cc1C. The van der Waals surface area contributed by atoms with Crippen LogP contribution in [0.2, 0.25) is 0 Å². The van der Waals surface area contributed by atoms with Gasteiger partial charge in [0.25, 0.3) is 11.6 Å². The predicted molar refractivity (Wildman–Crippen MR) is 117 cm³/mol. The average molecular weight is 444 g/mol. The van der Waals surface area contributed by atoms with Crippen molar-refractivity contribution < 1.29 is 9.72 Å². The molecule has 0 radical (unpaired) electrons. The van der Waals surface area contributed by atoms with Gasteiger partial charge in [-0.2, -0.15) is 0 Å². The molecule has 30 heavy (non-hydrogen) atoms. The van der Waals surface area contributed by atoms with Crippen LogP contribution >= 0.6 is 23.5 Å². The summed E-state index contributed by atoms with van der Waals surface area (Å²) in [7, 11) is 1.76. The highest BCUT2D eigenvalue weighted by atomic mass is 32.2. The van der Waals surface area contributed by atoms with E-state index < -0.39 is 4.92 Å². The number of aromatic nitrogens is 3. The van der Waals surface area contributed by atoms with Gasteiger partial charge in [-0.25, -0.2) is 0 Å².